The van der Waals surface area contributed by atoms with Crippen molar-refractivity contribution >= 4 is 52.4 Å². The van der Waals surface area contributed by atoms with Gasteiger partial charge < -0.3 is 37.2 Å². The number of carboxylic acids is 2. The van der Waals surface area contributed by atoms with Crippen molar-refractivity contribution in [3.05, 3.63) is 77.1 Å². The van der Waals surface area contributed by atoms with Crippen LogP contribution in [0.5, 0.6) is 0 Å². The Morgan fingerprint density at radius 1 is 0.938 bits per heavy atom. The third-order valence-corrected chi connectivity index (χ3v) is 7.59. The van der Waals surface area contributed by atoms with Crippen molar-refractivity contribution in [3.8, 4) is 0 Å². The number of amides is 2. The fraction of sp³-hybridized carbons (Fsp3) is 0.333. The van der Waals surface area contributed by atoms with Gasteiger partial charge in [-0.2, -0.15) is 9.97 Å². The van der Waals surface area contributed by atoms with E-state index in [1.54, 1.807) is 36.5 Å². The number of aliphatic carboxylic acids is 2. The number of nitrogens with one attached hydrogen (secondary N) is 2. The van der Waals surface area contributed by atoms with E-state index in [9.17, 15) is 29.4 Å². The fourth-order valence-electron chi connectivity index (χ4n) is 4.91. The van der Waals surface area contributed by atoms with E-state index in [0.717, 1.165) is 11.3 Å². The highest BCUT2D eigenvalue weighted by atomic mass is 16.4. The number of hydrogen-bond donors (Lipinski definition) is 6. The van der Waals surface area contributed by atoms with Gasteiger partial charge in [0, 0.05) is 31.1 Å². The molecule has 0 aliphatic heterocycles. The van der Waals surface area contributed by atoms with E-state index in [1.165, 1.54) is 0 Å². The van der Waals surface area contributed by atoms with E-state index in [4.69, 9.17) is 11.5 Å². The van der Waals surface area contributed by atoms with Crippen LogP contribution in [0.25, 0.3) is 11.2 Å². The molecule has 8 N–H and O–H groups in total. The normalized spacial score (nSPS) is 12.6. The van der Waals surface area contributed by atoms with Crippen molar-refractivity contribution in [1.29, 1.82) is 0 Å². The first kappa shape index (κ1) is 35.0. The lowest BCUT2D eigenvalue weighted by atomic mass is 9.85. The molecule has 4 rings (SSSR count). The molecule has 15 nitrogen and oxygen atoms in total. The van der Waals surface area contributed by atoms with Crippen LogP contribution in [0.1, 0.15) is 60.8 Å². The number of benzene rings is 2. The van der Waals surface area contributed by atoms with Gasteiger partial charge in [-0.25, -0.2) is 14.8 Å². The summed E-state index contributed by atoms with van der Waals surface area (Å²) in [4.78, 5) is 68.4. The highest BCUT2D eigenvalue weighted by Crippen LogP contribution is 2.23. The maximum Gasteiger partial charge on any atom is 0.326 e. The Hall–Kier alpha value is -5.86. The standard InChI is InChI=1S/C33H39N9O6/c1-33(2,3)20-7-5-6-18(14-20)15-24(31(47)48)39-30(46)23(12-13-25(43)44)38-29(45)19-8-10-22(11-9-19)42(4)17-21-16-36-28-26(37-21)27(34)40-32(35)41-28/h5-11,14,16,23-24H,12-13,15,17H2,1-4H3,(H,38,45)(H,39,46)(H,43,44)(H,47,48)(H4,34,35,36,40,41)/t23-,24-/m0/s1. The molecule has 15 heteroatoms. The summed E-state index contributed by atoms with van der Waals surface area (Å²) in [7, 11) is 1.81. The second-order valence-corrected chi connectivity index (χ2v) is 12.4. The first-order valence-corrected chi connectivity index (χ1v) is 15.1. The molecule has 0 radical (unpaired) electrons. The first-order chi connectivity index (χ1) is 22.6. The van der Waals surface area contributed by atoms with E-state index < -0.39 is 42.3 Å². The van der Waals surface area contributed by atoms with Crippen LogP contribution in [0.3, 0.4) is 0 Å². The molecule has 48 heavy (non-hydrogen) atoms. The van der Waals surface area contributed by atoms with Gasteiger partial charge in [-0.3, -0.25) is 14.4 Å². The van der Waals surface area contributed by atoms with Crippen LogP contribution in [0, 0.1) is 0 Å². The van der Waals surface area contributed by atoms with Gasteiger partial charge in [-0.15, -0.1) is 0 Å². The van der Waals surface area contributed by atoms with Gasteiger partial charge in [0.25, 0.3) is 5.91 Å². The van der Waals surface area contributed by atoms with Gasteiger partial charge in [-0.1, -0.05) is 45.0 Å². The molecular weight excluding hydrogens is 618 g/mol. The molecule has 0 aliphatic rings. The summed E-state index contributed by atoms with van der Waals surface area (Å²) < 4.78 is 0. The number of carbonyl (C=O) groups excluding carboxylic acids is 2. The van der Waals surface area contributed by atoms with E-state index in [1.807, 2.05) is 50.9 Å². The Kier molecular flexibility index (Phi) is 10.7. The fourth-order valence-corrected chi connectivity index (χ4v) is 4.91. The van der Waals surface area contributed by atoms with Crippen LogP contribution < -0.4 is 27.0 Å². The van der Waals surface area contributed by atoms with Gasteiger partial charge in [0.05, 0.1) is 18.4 Å². The lowest BCUT2D eigenvalue weighted by Crippen LogP contribution is -2.52. The number of carboxylic acid groups (broad SMARTS) is 2. The smallest absolute Gasteiger partial charge is 0.326 e. The number of nitrogens with two attached hydrogens (primary N) is 2. The van der Waals surface area contributed by atoms with Crippen molar-refractivity contribution in [2.75, 3.05) is 23.4 Å². The minimum absolute atomic E-state index is 0.000150. The average Bonchev–Trinajstić information content (AvgIpc) is 3.02. The topological polar surface area (TPSA) is 240 Å². The van der Waals surface area contributed by atoms with Crippen LogP contribution >= 0.6 is 0 Å². The first-order valence-electron chi connectivity index (χ1n) is 15.1. The average molecular weight is 658 g/mol. The second-order valence-electron chi connectivity index (χ2n) is 12.4. The molecule has 2 aromatic heterocycles. The number of anilines is 3. The number of aromatic nitrogens is 4. The molecular formula is C33H39N9O6. The summed E-state index contributed by atoms with van der Waals surface area (Å²) in [5, 5.41) is 24.2. The molecule has 2 aromatic carbocycles. The molecule has 4 aromatic rings. The number of nitrogen functional groups attached to an aromatic ring is 2. The molecule has 252 valence electrons. The number of hydrogen-bond acceptors (Lipinski definition) is 11. The summed E-state index contributed by atoms with van der Waals surface area (Å²) in [5.74, 6) is -3.74. The number of rotatable bonds is 13. The molecule has 0 saturated carbocycles. The highest BCUT2D eigenvalue weighted by molar-refractivity contribution is 5.98. The molecule has 0 spiro atoms. The molecule has 0 fully saturated rings. The number of fused-ring (bicyclic) bond motifs is 1. The lowest BCUT2D eigenvalue weighted by Gasteiger charge is -2.23. The van der Waals surface area contributed by atoms with Crippen molar-refractivity contribution in [2.45, 2.75) is 64.1 Å². The van der Waals surface area contributed by atoms with Crippen molar-refractivity contribution < 1.29 is 29.4 Å². The summed E-state index contributed by atoms with van der Waals surface area (Å²) >= 11 is 0. The Labute approximate surface area is 276 Å². The molecule has 2 heterocycles. The zero-order valence-electron chi connectivity index (χ0n) is 27.1. The maximum atomic E-state index is 13.3. The monoisotopic (exact) mass is 657 g/mol. The van der Waals surface area contributed by atoms with Crippen LogP contribution in [0.4, 0.5) is 17.5 Å². The van der Waals surface area contributed by atoms with Gasteiger partial charge in [0.15, 0.2) is 17.0 Å². The van der Waals surface area contributed by atoms with E-state index in [2.05, 4.69) is 30.6 Å². The SMILES string of the molecule is CN(Cc1cnc2nc(N)nc(N)c2n1)c1ccc(C(=O)N[C@@H](CCC(=O)O)C(=O)N[C@@H](Cc2cccc(C(C)(C)C)c2)C(=O)O)cc1. The maximum absolute atomic E-state index is 13.3. The molecule has 0 unspecified atom stereocenters. The summed E-state index contributed by atoms with van der Waals surface area (Å²) in [6.45, 7) is 6.45. The van der Waals surface area contributed by atoms with Crippen LogP contribution in [-0.2, 0) is 32.8 Å². The Morgan fingerprint density at radius 2 is 1.65 bits per heavy atom. The number of nitrogens with zero attached hydrogens (tertiary/aromatic N) is 5. The Balaban J connectivity index is 1.43. The zero-order valence-corrected chi connectivity index (χ0v) is 27.1. The van der Waals surface area contributed by atoms with Gasteiger partial charge in [0.2, 0.25) is 11.9 Å². The molecule has 0 aliphatic carbocycles. The quantitative estimate of drug-likeness (QED) is 0.121. The molecule has 0 bridgehead atoms. The largest absolute Gasteiger partial charge is 0.481 e. The van der Waals surface area contributed by atoms with Gasteiger partial charge >= 0.3 is 11.9 Å². The van der Waals surface area contributed by atoms with Gasteiger partial charge in [-0.05, 0) is 47.2 Å². The molecule has 2 amide bonds. The third kappa shape index (κ3) is 9.11. The minimum Gasteiger partial charge on any atom is -0.481 e. The zero-order chi connectivity index (χ0) is 35.2. The summed E-state index contributed by atoms with van der Waals surface area (Å²) in [5.41, 5.74) is 15.2. The Bertz CT molecular complexity index is 1830. The van der Waals surface area contributed by atoms with E-state index in [-0.39, 0.29) is 41.2 Å². The van der Waals surface area contributed by atoms with E-state index in [0.29, 0.717) is 23.3 Å². The lowest BCUT2D eigenvalue weighted by molar-refractivity contribution is -0.142. The van der Waals surface area contributed by atoms with Crippen molar-refractivity contribution in [2.24, 2.45) is 0 Å². The van der Waals surface area contributed by atoms with Gasteiger partial charge in [0.1, 0.15) is 12.1 Å². The van der Waals surface area contributed by atoms with Crippen LogP contribution in [0.2, 0.25) is 0 Å². The predicted molar refractivity (Wildman–Crippen MR) is 179 cm³/mol. The van der Waals surface area contributed by atoms with Crippen molar-refractivity contribution in [3.63, 3.8) is 0 Å². The summed E-state index contributed by atoms with van der Waals surface area (Å²) in [6, 6.07) is 11.3. The van der Waals surface area contributed by atoms with Crippen LogP contribution in [-0.4, -0.2) is 73.0 Å². The van der Waals surface area contributed by atoms with Crippen LogP contribution in [0.15, 0.2) is 54.7 Å². The molecule has 0 saturated heterocycles. The number of carbonyl (C=O) groups is 4. The predicted octanol–water partition coefficient (Wildman–Crippen LogP) is 2.29. The third-order valence-electron chi connectivity index (χ3n) is 7.59. The second kappa shape index (κ2) is 14.7. The van der Waals surface area contributed by atoms with E-state index >= 15 is 0 Å². The molecule has 2 atom stereocenters. The Morgan fingerprint density at radius 3 is 2.29 bits per heavy atom. The minimum atomic E-state index is -1.30. The summed E-state index contributed by atoms with van der Waals surface area (Å²) in [6.07, 6.45) is 0.887. The highest BCUT2D eigenvalue weighted by Gasteiger charge is 2.28. The van der Waals surface area contributed by atoms with Crippen molar-refractivity contribution in [1.82, 2.24) is 30.6 Å².